The van der Waals surface area contributed by atoms with Gasteiger partial charge in [0.1, 0.15) is 0 Å². The molecule has 1 heterocycles. The Morgan fingerprint density at radius 2 is 1.79 bits per heavy atom. The third-order valence-corrected chi connectivity index (χ3v) is 2.74. The highest BCUT2D eigenvalue weighted by Gasteiger charge is 2.19. The topological polar surface area (TPSA) is 56.3 Å². The minimum Gasteiger partial charge on any atom is -0.464 e. The summed E-state index contributed by atoms with van der Waals surface area (Å²) in [4.78, 5) is 27.9. The third kappa shape index (κ3) is 2.68. The minimum atomic E-state index is -0.615. The third-order valence-electron chi connectivity index (χ3n) is 2.74. The van der Waals surface area contributed by atoms with Gasteiger partial charge in [0, 0.05) is 11.8 Å². The van der Waals surface area contributed by atoms with E-state index in [-0.39, 0.29) is 17.0 Å². The quantitative estimate of drug-likeness (QED) is 0.624. The lowest BCUT2D eigenvalue weighted by molar-refractivity contribution is 0.0590. The largest absolute Gasteiger partial charge is 0.464 e. The SMILES string of the molecule is COC(=O)c1ncccc1C(=O)c1ccc(C)cc1. The van der Waals surface area contributed by atoms with Gasteiger partial charge in [0.2, 0.25) is 0 Å². The zero-order valence-electron chi connectivity index (χ0n) is 10.7. The summed E-state index contributed by atoms with van der Waals surface area (Å²) >= 11 is 0. The van der Waals surface area contributed by atoms with Crippen molar-refractivity contribution < 1.29 is 14.3 Å². The molecule has 0 saturated carbocycles. The van der Waals surface area contributed by atoms with Gasteiger partial charge in [-0.25, -0.2) is 9.78 Å². The normalized spacial score (nSPS) is 10.0. The molecule has 19 heavy (non-hydrogen) atoms. The Morgan fingerprint density at radius 1 is 1.11 bits per heavy atom. The van der Waals surface area contributed by atoms with Crippen LogP contribution < -0.4 is 0 Å². The molecule has 0 unspecified atom stereocenters. The second kappa shape index (κ2) is 5.44. The molecule has 1 aromatic carbocycles. The van der Waals surface area contributed by atoms with Crippen LogP contribution in [0, 0.1) is 6.92 Å². The monoisotopic (exact) mass is 255 g/mol. The van der Waals surface area contributed by atoms with E-state index >= 15 is 0 Å². The first kappa shape index (κ1) is 13.0. The summed E-state index contributed by atoms with van der Waals surface area (Å²) in [5, 5.41) is 0. The molecule has 0 atom stereocenters. The van der Waals surface area contributed by atoms with E-state index in [1.54, 1.807) is 24.3 Å². The second-order valence-electron chi connectivity index (χ2n) is 4.09. The van der Waals surface area contributed by atoms with E-state index in [9.17, 15) is 9.59 Å². The minimum absolute atomic E-state index is 0.0376. The van der Waals surface area contributed by atoms with Crippen LogP contribution in [0.1, 0.15) is 32.0 Å². The van der Waals surface area contributed by atoms with E-state index in [2.05, 4.69) is 9.72 Å². The lowest BCUT2D eigenvalue weighted by atomic mass is 10.0. The van der Waals surface area contributed by atoms with Gasteiger partial charge in [-0.1, -0.05) is 29.8 Å². The lowest BCUT2D eigenvalue weighted by Gasteiger charge is -2.06. The molecule has 0 aliphatic heterocycles. The smallest absolute Gasteiger partial charge is 0.357 e. The van der Waals surface area contributed by atoms with Crippen molar-refractivity contribution in [3.05, 3.63) is 65.0 Å². The number of rotatable bonds is 3. The summed E-state index contributed by atoms with van der Waals surface area (Å²) in [5.74, 6) is -0.857. The summed E-state index contributed by atoms with van der Waals surface area (Å²) in [7, 11) is 1.26. The Labute approximate surface area is 111 Å². The zero-order valence-corrected chi connectivity index (χ0v) is 10.7. The standard InChI is InChI=1S/C15H13NO3/c1-10-5-7-11(8-6-10)14(17)12-4-3-9-16-13(12)15(18)19-2/h3-9H,1-2H3. The van der Waals surface area contributed by atoms with Crippen LogP contribution in [0.25, 0.3) is 0 Å². The molecule has 2 aromatic rings. The van der Waals surface area contributed by atoms with Crippen LogP contribution in [-0.2, 0) is 4.74 Å². The Morgan fingerprint density at radius 3 is 2.42 bits per heavy atom. The number of pyridine rings is 1. The number of nitrogens with zero attached hydrogens (tertiary/aromatic N) is 1. The maximum absolute atomic E-state index is 12.4. The molecule has 0 amide bonds. The molecule has 0 radical (unpaired) electrons. The molecule has 1 aromatic heterocycles. The molecule has 0 fully saturated rings. The number of benzene rings is 1. The van der Waals surface area contributed by atoms with Gasteiger partial charge in [-0.2, -0.15) is 0 Å². The Balaban J connectivity index is 2.44. The summed E-state index contributed by atoms with van der Waals surface area (Å²) in [5.41, 5.74) is 1.87. The molecule has 2 rings (SSSR count). The van der Waals surface area contributed by atoms with E-state index in [0.717, 1.165) is 5.56 Å². The Kier molecular flexibility index (Phi) is 3.71. The van der Waals surface area contributed by atoms with Crippen molar-refractivity contribution in [2.45, 2.75) is 6.92 Å². The van der Waals surface area contributed by atoms with Crippen LogP contribution in [0.5, 0.6) is 0 Å². The van der Waals surface area contributed by atoms with Gasteiger partial charge in [0.25, 0.3) is 0 Å². The maximum atomic E-state index is 12.4. The van der Waals surface area contributed by atoms with Crippen molar-refractivity contribution in [1.29, 1.82) is 0 Å². The van der Waals surface area contributed by atoms with E-state index in [1.807, 2.05) is 19.1 Å². The van der Waals surface area contributed by atoms with Crippen LogP contribution in [0.4, 0.5) is 0 Å². The van der Waals surface area contributed by atoms with Crippen LogP contribution in [0.2, 0.25) is 0 Å². The first-order valence-corrected chi connectivity index (χ1v) is 5.78. The maximum Gasteiger partial charge on any atom is 0.357 e. The summed E-state index contributed by atoms with van der Waals surface area (Å²) < 4.78 is 4.63. The van der Waals surface area contributed by atoms with Gasteiger partial charge >= 0.3 is 5.97 Å². The molecule has 0 aliphatic rings. The number of carbonyl (C=O) groups is 2. The second-order valence-corrected chi connectivity index (χ2v) is 4.09. The molecule has 0 saturated heterocycles. The van der Waals surface area contributed by atoms with Gasteiger partial charge in [0.05, 0.1) is 12.7 Å². The number of methoxy groups -OCH3 is 1. The van der Waals surface area contributed by atoms with Crippen molar-refractivity contribution in [3.63, 3.8) is 0 Å². The van der Waals surface area contributed by atoms with Crippen molar-refractivity contribution in [2.24, 2.45) is 0 Å². The summed E-state index contributed by atoms with van der Waals surface area (Å²) in [6, 6.07) is 10.3. The van der Waals surface area contributed by atoms with E-state index in [1.165, 1.54) is 13.3 Å². The number of carbonyl (C=O) groups excluding carboxylic acids is 2. The predicted octanol–water partition coefficient (Wildman–Crippen LogP) is 2.41. The molecular formula is C15H13NO3. The summed E-state index contributed by atoms with van der Waals surface area (Å²) in [6.45, 7) is 1.94. The fourth-order valence-electron chi connectivity index (χ4n) is 1.71. The van der Waals surface area contributed by atoms with Crippen molar-refractivity contribution in [3.8, 4) is 0 Å². The first-order chi connectivity index (χ1) is 9.13. The number of aryl methyl sites for hydroxylation is 1. The molecule has 4 nitrogen and oxygen atoms in total. The Bertz CT molecular complexity index is 618. The first-order valence-electron chi connectivity index (χ1n) is 5.78. The van der Waals surface area contributed by atoms with E-state index < -0.39 is 5.97 Å². The van der Waals surface area contributed by atoms with Gasteiger partial charge in [-0.05, 0) is 19.1 Å². The molecule has 4 heteroatoms. The van der Waals surface area contributed by atoms with Crippen molar-refractivity contribution >= 4 is 11.8 Å². The van der Waals surface area contributed by atoms with E-state index in [4.69, 9.17) is 0 Å². The van der Waals surface area contributed by atoms with E-state index in [0.29, 0.717) is 5.56 Å². The lowest BCUT2D eigenvalue weighted by Crippen LogP contribution is -2.13. The van der Waals surface area contributed by atoms with Crippen LogP contribution in [0.3, 0.4) is 0 Å². The summed E-state index contributed by atoms with van der Waals surface area (Å²) in [6.07, 6.45) is 1.46. The highest BCUT2D eigenvalue weighted by Crippen LogP contribution is 2.14. The number of hydrogen-bond acceptors (Lipinski definition) is 4. The number of ketones is 1. The van der Waals surface area contributed by atoms with Crippen molar-refractivity contribution in [2.75, 3.05) is 7.11 Å². The van der Waals surface area contributed by atoms with Gasteiger partial charge in [0.15, 0.2) is 11.5 Å². The zero-order chi connectivity index (χ0) is 13.8. The van der Waals surface area contributed by atoms with Crippen LogP contribution >= 0.6 is 0 Å². The van der Waals surface area contributed by atoms with Crippen molar-refractivity contribution in [1.82, 2.24) is 4.98 Å². The number of ether oxygens (including phenoxy) is 1. The predicted molar refractivity (Wildman–Crippen MR) is 70.2 cm³/mol. The molecule has 0 spiro atoms. The average molecular weight is 255 g/mol. The number of esters is 1. The molecule has 96 valence electrons. The van der Waals surface area contributed by atoms with Crippen LogP contribution in [-0.4, -0.2) is 23.8 Å². The highest BCUT2D eigenvalue weighted by molar-refractivity contribution is 6.13. The molecular weight excluding hydrogens is 242 g/mol. The Hall–Kier alpha value is -2.49. The highest BCUT2D eigenvalue weighted by atomic mass is 16.5. The number of aromatic nitrogens is 1. The van der Waals surface area contributed by atoms with Gasteiger partial charge in [-0.15, -0.1) is 0 Å². The average Bonchev–Trinajstić information content (AvgIpc) is 2.46. The van der Waals surface area contributed by atoms with Crippen LogP contribution in [0.15, 0.2) is 42.6 Å². The van der Waals surface area contributed by atoms with Gasteiger partial charge < -0.3 is 4.74 Å². The fraction of sp³-hybridized carbons (Fsp3) is 0.133. The fourth-order valence-corrected chi connectivity index (χ4v) is 1.71. The molecule has 0 bridgehead atoms. The molecule has 0 N–H and O–H groups in total. The molecule has 0 aliphatic carbocycles. The van der Waals surface area contributed by atoms with Gasteiger partial charge in [-0.3, -0.25) is 4.79 Å². The number of hydrogen-bond donors (Lipinski definition) is 0.